The summed E-state index contributed by atoms with van der Waals surface area (Å²) in [5.74, 6) is 0.0153. The average Bonchev–Trinajstić information content (AvgIpc) is 2.58. The second-order valence-electron chi connectivity index (χ2n) is 5.39. The molecule has 0 atom stereocenters. The highest BCUT2D eigenvalue weighted by molar-refractivity contribution is 5.90. The van der Waals surface area contributed by atoms with E-state index in [-0.39, 0.29) is 5.91 Å². The Hall–Kier alpha value is -2.17. The van der Waals surface area contributed by atoms with Crippen molar-refractivity contribution in [1.82, 2.24) is 5.32 Å². The van der Waals surface area contributed by atoms with Gasteiger partial charge in [-0.25, -0.2) is 0 Å². The largest absolute Gasteiger partial charge is 0.376 e. The van der Waals surface area contributed by atoms with Crippen molar-refractivity contribution in [3.8, 4) is 0 Å². The lowest BCUT2D eigenvalue weighted by Gasteiger charge is -2.08. The van der Waals surface area contributed by atoms with Crippen molar-refractivity contribution < 1.29 is 9.53 Å². The number of rotatable bonds is 9. The molecular formula is C19H24N2O2. The third-order valence-electron chi connectivity index (χ3n) is 3.46. The van der Waals surface area contributed by atoms with Crippen molar-refractivity contribution >= 4 is 11.6 Å². The van der Waals surface area contributed by atoms with Gasteiger partial charge in [-0.3, -0.25) is 4.79 Å². The van der Waals surface area contributed by atoms with E-state index >= 15 is 0 Å². The van der Waals surface area contributed by atoms with Gasteiger partial charge in [0.25, 0.3) is 0 Å². The third-order valence-corrected chi connectivity index (χ3v) is 3.46. The van der Waals surface area contributed by atoms with E-state index in [0.717, 1.165) is 17.7 Å². The highest BCUT2D eigenvalue weighted by atomic mass is 16.5. The summed E-state index contributed by atoms with van der Waals surface area (Å²) in [5.41, 5.74) is 3.15. The fraction of sp³-hybridized carbons (Fsp3) is 0.316. The number of carbonyl (C=O) groups excluding carboxylic acids is 1. The van der Waals surface area contributed by atoms with Gasteiger partial charge in [0.05, 0.1) is 13.2 Å². The maximum absolute atomic E-state index is 11.7. The summed E-state index contributed by atoms with van der Waals surface area (Å²) in [6.07, 6.45) is 1.37. The molecule has 2 rings (SSSR count). The molecule has 0 saturated heterocycles. The van der Waals surface area contributed by atoms with Gasteiger partial charge in [-0.05, 0) is 36.7 Å². The maximum atomic E-state index is 11.7. The first-order valence-electron chi connectivity index (χ1n) is 7.93. The van der Waals surface area contributed by atoms with E-state index in [9.17, 15) is 4.79 Å². The number of benzene rings is 2. The van der Waals surface area contributed by atoms with E-state index in [0.29, 0.717) is 26.2 Å². The lowest BCUT2D eigenvalue weighted by Crippen LogP contribution is -2.18. The lowest BCUT2D eigenvalue weighted by atomic mass is 10.2. The van der Waals surface area contributed by atoms with Crippen LogP contribution in [0.25, 0.3) is 0 Å². The highest BCUT2D eigenvalue weighted by Crippen LogP contribution is 2.12. The van der Waals surface area contributed by atoms with Crippen LogP contribution in [-0.4, -0.2) is 26.1 Å². The lowest BCUT2D eigenvalue weighted by molar-refractivity contribution is -0.116. The standard InChI is InChI=1S/C19H24N2O2/c1-20-12-10-19(22)21-18-9-5-8-17(14-18)15-23-13-11-16-6-3-2-4-7-16/h2-9,14,20H,10-13,15H2,1H3,(H,21,22). The number of carbonyl (C=O) groups is 1. The predicted molar refractivity (Wildman–Crippen MR) is 93.4 cm³/mol. The molecule has 2 aromatic rings. The van der Waals surface area contributed by atoms with Gasteiger partial charge in [0.2, 0.25) is 5.91 Å². The van der Waals surface area contributed by atoms with Gasteiger partial charge in [0.1, 0.15) is 0 Å². The molecule has 122 valence electrons. The minimum atomic E-state index is 0.0153. The van der Waals surface area contributed by atoms with E-state index in [2.05, 4.69) is 22.8 Å². The molecule has 1 amide bonds. The molecule has 0 spiro atoms. The number of nitrogens with one attached hydrogen (secondary N) is 2. The van der Waals surface area contributed by atoms with E-state index in [1.807, 2.05) is 49.5 Å². The molecule has 4 nitrogen and oxygen atoms in total. The van der Waals surface area contributed by atoms with Crippen LogP contribution in [0.15, 0.2) is 54.6 Å². The quantitative estimate of drug-likeness (QED) is 0.700. The van der Waals surface area contributed by atoms with Crippen molar-refractivity contribution in [2.75, 3.05) is 25.5 Å². The Bertz CT molecular complexity index is 599. The normalized spacial score (nSPS) is 10.5. The van der Waals surface area contributed by atoms with Crippen LogP contribution in [0.4, 0.5) is 5.69 Å². The molecule has 0 radical (unpaired) electrons. The second-order valence-corrected chi connectivity index (χ2v) is 5.39. The molecule has 2 aromatic carbocycles. The first kappa shape index (κ1) is 17.2. The van der Waals surface area contributed by atoms with Gasteiger partial charge in [-0.1, -0.05) is 42.5 Å². The number of hydrogen-bond donors (Lipinski definition) is 2. The summed E-state index contributed by atoms with van der Waals surface area (Å²) >= 11 is 0. The molecule has 0 unspecified atom stereocenters. The molecule has 0 bridgehead atoms. The van der Waals surface area contributed by atoms with Crippen molar-refractivity contribution in [2.24, 2.45) is 0 Å². The molecule has 23 heavy (non-hydrogen) atoms. The van der Waals surface area contributed by atoms with Crippen LogP contribution in [0.1, 0.15) is 17.5 Å². The van der Waals surface area contributed by atoms with Crippen LogP contribution >= 0.6 is 0 Å². The summed E-state index contributed by atoms with van der Waals surface area (Å²) in [5, 5.41) is 5.86. The predicted octanol–water partition coefficient (Wildman–Crippen LogP) is 2.99. The minimum Gasteiger partial charge on any atom is -0.376 e. The fourth-order valence-corrected chi connectivity index (χ4v) is 2.23. The molecule has 4 heteroatoms. The molecule has 0 saturated carbocycles. The van der Waals surface area contributed by atoms with Crippen molar-refractivity contribution in [3.05, 3.63) is 65.7 Å². The zero-order valence-electron chi connectivity index (χ0n) is 13.5. The highest BCUT2D eigenvalue weighted by Gasteiger charge is 2.02. The maximum Gasteiger partial charge on any atom is 0.225 e. The zero-order valence-corrected chi connectivity index (χ0v) is 13.5. The molecule has 0 aromatic heterocycles. The van der Waals surface area contributed by atoms with Crippen LogP contribution in [0.2, 0.25) is 0 Å². The molecule has 0 aliphatic rings. The van der Waals surface area contributed by atoms with Gasteiger partial charge in [-0.2, -0.15) is 0 Å². The molecule has 0 fully saturated rings. The SMILES string of the molecule is CNCCC(=O)Nc1cccc(COCCc2ccccc2)c1. The Balaban J connectivity index is 1.75. The molecule has 0 aliphatic heterocycles. The number of amides is 1. The van der Waals surface area contributed by atoms with Crippen molar-refractivity contribution in [3.63, 3.8) is 0 Å². The van der Waals surface area contributed by atoms with Crippen LogP contribution in [0.5, 0.6) is 0 Å². The summed E-state index contributed by atoms with van der Waals surface area (Å²) < 4.78 is 5.73. The minimum absolute atomic E-state index is 0.0153. The molecule has 0 aliphatic carbocycles. The van der Waals surface area contributed by atoms with Crippen LogP contribution in [0, 0.1) is 0 Å². The van der Waals surface area contributed by atoms with E-state index in [1.165, 1.54) is 5.56 Å². The summed E-state index contributed by atoms with van der Waals surface area (Å²) in [4.78, 5) is 11.7. The number of ether oxygens (including phenoxy) is 1. The number of anilines is 1. The molecular weight excluding hydrogens is 288 g/mol. The fourth-order valence-electron chi connectivity index (χ4n) is 2.23. The first-order valence-corrected chi connectivity index (χ1v) is 7.93. The average molecular weight is 312 g/mol. The van der Waals surface area contributed by atoms with Crippen LogP contribution in [0.3, 0.4) is 0 Å². The van der Waals surface area contributed by atoms with Crippen LogP contribution < -0.4 is 10.6 Å². The topological polar surface area (TPSA) is 50.4 Å². The van der Waals surface area contributed by atoms with Gasteiger partial charge < -0.3 is 15.4 Å². The number of hydrogen-bond acceptors (Lipinski definition) is 3. The van der Waals surface area contributed by atoms with E-state index in [1.54, 1.807) is 0 Å². The Morgan fingerprint density at radius 2 is 1.83 bits per heavy atom. The van der Waals surface area contributed by atoms with Gasteiger partial charge in [0.15, 0.2) is 0 Å². The van der Waals surface area contributed by atoms with Gasteiger partial charge in [-0.15, -0.1) is 0 Å². The summed E-state index contributed by atoms with van der Waals surface area (Å²) in [6, 6.07) is 18.1. The van der Waals surface area contributed by atoms with E-state index < -0.39 is 0 Å². The Morgan fingerprint density at radius 3 is 2.61 bits per heavy atom. The van der Waals surface area contributed by atoms with Crippen molar-refractivity contribution in [2.45, 2.75) is 19.4 Å². The van der Waals surface area contributed by atoms with Crippen LogP contribution in [-0.2, 0) is 22.6 Å². The first-order chi connectivity index (χ1) is 11.3. The Labute approximate surface area is 137 Å². The third kappa shape index (κ3) is 6.63. The Morgan fingerprint density at radius 1 is 1.04 bits per heavy atom. The van der Waals surface area contributed by atoms with Gasteiger partial charge in [0, 0.05) is 18.7 Å². The van der Waals surface area contributed by atoms with Gasteiger partial charge >= 0.3 is 0 Å². The zero-order chi connectivity index (χ0) is 16.3. The molecule has 2 N–H and O–H groups in total. The van der Waals surface area contributed by atoms with E-state index in [4.69, 9.17) is 4.74 Å². The second kappa shape index (κ2) is 9.77. The molecule has 0 heterocycles. The summed E-state index contributed by atoms with van der Waals surface area (Å²) in [6.45, 7) is 1.91. The van der Waals surface area contributed by atoms with Crippen molar-refractivity contribution in [1.29, 1.82) is 0 Å². The summed E-state index contributed by atoms with van der Waals surface area (Å²) in [7, 11) is 1.83. The smallest absolute Gasteiger partial charge is 0.225 e. The Kier molecular flexibility index (Phi) is 7.30. The monoisotopic (exact) mass is 312 g/mol.